The maximum Gasteiger partial charge on any atom is 0.313 e. The van der Waals surface area contributed by atoms with Gasteiger partial charge in [0.15, 0.2) is 5.79 Å². The highest BCUT2D eigenvalue weighted by atomic mass is 16.7. The van der Waals surface area contributed by atoms with Crippen LogP contribution in [0.1, 0.15) is 132 Å². The van der Waals surface area contributed by atoms with Gasteiger partial charge in [-0.1, -0.05) is 81.4 Å². The number of esters is 1. The molecule has 40 heavy (non-hydrogen) atoms. The van der Waals surface area contributed by atoms with Crippen LogP contribution in [0.2, 0.25) is 0 Å². The second-order valence-electron chi connectivity index (χ2n) is 15.7. The van der Waals surface area contributed by atoms with E-state index in [2.05, 4.69) is 88.4 Å². The highest BCUT2D eigenvalue weighted by Crippen LogP contribution is 2.49. The van der Waals surface area contributed by atoms with Gasteiger partial charge in [0.25, 0.3) is 0 Å². The van der Waals surface area contributed by atoms with Gasteiger partial charge in [0, 0.05) is 28.8 Å². The van der Waals surface area contributed by atoms with Crippen molar-refractivity contribution in [1.29, 1.82) is 0 Å². The van der Waals surface area contributed by atoms with E-state index in [1.165, 1.54) is 0 Å². The van der Waals surface area contributed by atoms with Crippen molar-refractivity contribution in [3.05, 3.63) is 28.8 Å². The molecule has 4 unspecified atom stereocenters. The Morgan fingerprint density at radius 3 is 1.95 bits per heavy atom. The number of nitrogens with one attached hydrogen (secondary N) is 1. The molecular weight excluding hydrogens is 502 g/mol. The molecule has 1 spiro atoms. The number of rotatable bonds is 6. The van der Waals surface area contributed by atoms with Crippen LogP contribution in [0.5, 0.6) is 5.75 Å². The summed E-state index contributed by atoms with van der Waals surface area (Å²) < 4.78 is 19.2. The molecule has 0 aliphatic carbocycles. The van der Waals surface area contributed by atoms with E-state index in [9.17, 15) is 9.90 Å². The molecule has 0 bridgehead atoms. The van der Waals surface area contributed by atoms with E-state index in [1.54, 1.807) is 0 Å². The van der Waals surface area contributed by atoms with E-state index in [0.29, 0.717) is 19.0 Å². The third kappa shape index (κ3) is 6.39. The predicted octanol–water partition coefficient (Wildman–Crippen LogP) is 7.35. The van der Waals surface area contributed by atoms with Gasteiger partial charge in [-0.25, -0.2) is 0 Å². The summed E-state index contributed by atoms with van der Waals surface area (Å²) in [6.07, 6.45) is 2.75. The summed E-state index contributed by atoms with van der Waals surface area (Å²) in [4.78, 5) is 13.4. The van der Waals surface area contributed by atoms with Gasteiger partial charge in [-0.05, 0) is 61.1 Å². The van der Waals surface area contributed by atoms with Crippen LogP contribution in [0.4, 0.5) is 0 Å². The van der Waals surface area contributed by atoms with E-state index in [4.69, 9.17) is 14.2 Å². The first kappa shape index (κ1) is 32.9. The van der Waals surface area contributed by atoms with E-state index in [0.717, 1.165) is 36.0 Å². The number of phenolic OH excluding ortho intramolecular Hbond substituents is 1. The van der Waals surface area contributed by atoms with Gasteiger partial charge in [-0.15, -0.1) is 0 Å². The summed E-state index contributed by atoms with van der Waals surface area (Å²) in [6, 6.07) is 3.92. The molecule has 0 amide bonds. The molecule has 0 saturated carbocycles. The largest absolute Gasteiger partial charge is 0.507 e. The van der Waals surface area contributed by atoms with Crippen molar-refractivity contribution in [1.82, 2.24) is 5.32 Å². The first-order valence-corrected chi connectivity index (χ1v) is 15.3. The van der Waals surface area contributed by atoms with Crippen LogP contribution in [-0.2, 0) is 29.8 Å². The van der Waals surface area contributed by atoms with Crippen LogP contribution >= 0.6 is 0 Å². The van der Waals surface area contributed by atoms with Gasteiger partial charge in [0.05, 0.1) is 19.1 Å². The maximum absolute atomic E-state index is 13.4. The molecule has 4 atom stereocenters. The number of hydrogen-bond acceptors (Lipinski definition) is 6. The second-order valence-corrected chi connectivity index (χ2v) is 15.7. The van der Waals surface area contributed by atoms with E-state index < -0.39 is 17.1 Å². The van der Waals surface area contributed by atoms with Gasteiger partial charge in [-0.3, -0.25) is 4.79 Å². The van der Waals surface area contributed by atoms with Crippen molar-refractivity contribution in [3.63, 3.8) is 0 Å². The van der Waals surface area contributed by atoms with Crippen LogP contribution < -0.4 is 5.32 Å². The lowest BCUT2D eigenvalue weighted by Crippen LogP contribution is -2.73. The normalized spacial score (nSPS) is 34.1. The first-order chi connectivity index (χ1) is 18.1. The van der Waals surface area contributed by atoms with Gasteiger partial charge in [0.2, 0.25) is 0 Å². The third-order valence-corrected chi connectivity index (χ3v) is 9.85. The standard InChI is InChI=1S/C34H57NO5/c1-14-32(12)18-34(23(4)33(13,15-2)35-32)39-20-31(11,21-40-34)19-38-28(37)22(3)24-16-25(29(5,6)7)27(36)26(17-24)30(8,9)10/h16-17,22-23,35-36H,14-15,18-21H2,1-13H3. The fourth-order valence-electron chi connectivity index (χ4n) is 6.30. The lowest BCUT2D eigenvalue weighted by molar-refractivity contribution is -0.353. The number of carbonyl (C=O) groups excluding carboxylic acids is 1. The molecule has 228 valence electrons. The van der Waals surface area contributed by atoms with Crippen molar-refractivity contribution < 1.29 is 24.1 Å². The third-order valence-electron chi connectivity index (χ3n) is 9.85. The van der Waals surface area contributed by atoms with Gasteiger partial charge >= 0.3 is 5.97 Å². The van der Waals surface area contributed by atoms with E-state index in [1.807, 2.05) is 19.1 Å². The van der Waals surface area contributed by atoms with Crippen LogP contribution in [0, 0.1) is 11.3 Å². The number of benzene rings is 1. The molecule has 2 aliphatic rings. The Kier molecular flexibility index (Phi) is 8.95. The SMILES string of the molecule is CCC1(C)CC2(OCC(C)(COC(=O)C(C)c3cc(C(C)(C)C)c(O)c(C(C)(C)C)c3)CO2)C(C)C(C)(CC)N1. The summed E-state index contributed by atoms with van der Waals surface area (Å²) in [5.41, 5.74) is 1.41. The van der Waals surface area contributed by atoms with Crippen molar-refractivity contribution in [2.75, 3.05) is 19.8 Å². The Bertz CT molecular complexity index is 1040. The van der Waals surface area contributed by atoms with E-state index >= 15 is 0 Å². The zero-order valence-corrected chi connectivity index (χ0v) is 27.6. The van der Waals surface area contributed by atoms with Crippen molar-refractivity contribution >= 4 is 5.97 Å². The topological polar surface area (TPSA) is 77.0 Å². The quantitative estimate of drug-likeness (QED) is 0.355. The zero-order chi connectivity index (χ0) is 30.5. The number of phenols is 1. The lowest BCUT2D eigenvalue weighted by Gasteiger charge is -2.60. The van der Waals surface area contributed by atoms with Crippen molar-refractivity contribution in [2.45, 2.75) is 143 Å². The molecule has 3 rings (SSSR count). The van der Waals surface area contributed by atoms with Crippen molar-refractivity contribution in [2.24, 2.45) is 11.3 Å². The molecule has 6 heteroatoms. The minimum atomic E-state index is -0.656. The molecule has 0 radical (unpaired) electrons. The molecule has 1 aromatic rings. The summed E-state index contributed by atoms with van der Waals surface area (Å²) in [6.45, 7) is 28.8. The molecule has 2 heterocycles. The minimum absolute atomic E-state index is 0.0746. The van der Waals surface area contributed by atoms with Gasteiger partial charge < -0.3 is 24.6 Å². The zero-order valence-electron chi connectivity index (χ0n) is 27.6. The summed E-state index contributed by atoms with van der Waals surface area (Å²) in [5, 5.41) is 15.0. The monoisotopic (exact) mass is 559 g/mol. The Labute approximate surface area is 243 Å². The minimum Gasteiger partial charge on any atom is -0.507 e. The fourth-order valence-corrected chi connectivity index (χ4v) is 6.30. The molecular formula is C34H57NO5. The van der Waals surface area contributed by atoms with Gasteiger partial charge in [-0.2, -0.15) is 0 Å². The molecule has 1 aromatic carbocycles. The highest BCUT2D eigenvalue weighted by molar-refractivity contribution is 5.78. The average Bonchev–Trinajstić information content (AvgIpc) is 2.86. The van der Waals surface area contributed by atoms with Crippen LogP contribution in [-0.4, -0.2) is 47.8 Å². The summed E-state index contributed by atoms with van der Waals surface area (Å²) >= 11 is 0. The lowest BCUT2D eigenvalue weighted by atomic mass is 9.67. The molecule has 2 saturated heterocycles. The van der Waals surface area contributed by atoms with Crippen LogP contribution in [0.15, 0.2) is 12.1 Å². The van der Waals surface area contributed by atoms with Crippen LogP contribution in [0.25, 0.3) is 0 Å². The Hall–Kier alpha value is -1.63. The Morgan fingerprint density at radius 1 is 1.02 bits per heavy atom. The smallest absolute Gasteiger partial charge is 0.313 e. The highest BCUT2D eigenvalue weighted by Gasteiger charge is 2.59. The molecule has 2 fully saturated rings. The number of carbonyl (C=O) groups is 1. The predicted molar refractivity (Wildman–Crippen MR) is 162 cm³/mol. The summed E-state index contributed by atoms with van der Waals surface area (Å²) in [5.74, 6) is -0.925. The van der Waals surface area contributed by atoms with Crippen LogP contribution in [0.3, 0.4) is 0 Å². The molecule has 6 nitrogen and oxygen atoms in total. The van der Waals surface area contributed by atoms with Crippen molar-refractivity contribution in [3.8, 4) is 5.75 Å². The van der Waals surface area contributed by atoms with Gasteiger partial charge in [0.1, 0.15) is 12.4 Å². The number of piperidine rings is 1. The average molecular weight is 560 g/mol. The maximum atomic E-state index is 13.4. The molecule has 2 N–H and O–H groups in total. The Morgan fingerprint density at radius 2 is 1.52 bits per heavy atom. The van der Waals surface area contributed by atoms with E-state index in [-0.39, 0.29) is 40.4 Å². The Balaban J connectivity index is 1.75. The second kappa shape index (κ2) is 10.9. The fraction of sp³-hybridized carbons (Fsp3) is 0.794. The molecule has 0 aromatic heterocycles. The first-order valence-electron chi connectivity index (χ1n) is 15.3. The molecule has 2 aliphatic heterocycles. The number of aromatic hydroxyl groups is 1. The summed E-state index contributed by atoms with van der Waals surface area (Å²) in [7, 11) is 0. The number of ether oxygens (including phenoxy) is 3. The number of hydrogen-bond donors (Lipinski definition) is 2.